The number of rotatable bonds is 9. The second-order valence-electron chi connectivity index (χ2n) is 6.35. The molecule has 1 atom stereocenters. The Balaban J connectivity index is 1.85. The smallest absolute Gasteiger partial charge is 0.270 e. The summed E-state index contributed by atoms with van der Waals surface area (Å²) in [5.41, 5.74) is 1.69. The summed E-state index contributed by atoms with van der Waals surface area (Å²) in [5.74, 6) is 0.669. The van der Waals surface area contributed by atoms with E-state index >= 15 is 0 Å². The Morgan fingerprint density at radius 3 is 2.62 bits per heavy atom. The number of benzene rings is 2. The molecular weight excluding hydrogens is 330 g/mol. The molecule has 2 aromatic carbocycles. The molecule has 0 aliphatic heterocycles. The minimum atomic E-state index is -0.398. The maximum absolute atomic E-state index is 11.0. The molecule has 136 valence electrons. The lowest BCUT2D eigenvalue weighted by Gasteiger charge is -2.16. The van der Waals surface area contributed by atoms with E-state index in [0.717, 1.165) is 18.4 Å². The average molecular weight is 353 g/mol. The summed E-state index contributed by atoms with van der Waals surface area (Å²) in [7, 11) is 0. The van der Waals surface area contributed by atoms with E-state index in [9.17, 15) is 10.1 Å². The van der Waals surface area contributed by atoms with E-state index in [1.807, 2.05) is 36.4 Å². The van der Waals surface area contributed by atoms with Crippen LogP contribution in [0.4, 0.5) is 5.69 Å². The SMILES string of the molecule is CCCCCCOC(c1ccccc1)c1cc2cc([N+](=O)[O-])ccc2o1. The van der Waals surface area contributed by atoms with Gasteiger partial charge < -0.3 is 9.15 Å². The molecule has 1 unspecified atom stereocenters. The molecule has 0 spiro atoms. The van der Waals surface area contributed by atoms with E-state index < -0.39 is 4.92 Å². The molecule has 0 aliphatic rings. The van der Waals surface area contributed by atoms with Crippen LogP contribution in [0.3, 0.4) is 0 Å². The van der Waals surface area contributed by atoms with E-state index in [1.54, 1.807) is 6.07 Å². The summed E-state index contributed by atoms with van der Waals surface area (Å²) in [6, 6.07) is 16.4. The van der Waals surface area contributed by atoms with Gasteiger partial charge >= 0.3 is 0 Å². The number of hydrogen-bond acceptors (Lipinski definition) is 4. The number of nitro groups is 1. The highest BCUT2D eigenvalue weighted by molar-refractivity contribution is 5.80. The fourth-order valence-corrected chi connectivity index (χ4v) is 2.99. The Morgan fingerprint density at radius 1 is 1.08 bits per heavy atom. The first-order valence-electron chi connectivity index (χ1n) is 9.03. The number of nitro benzene ring substituents is 1. The Hall–Kier alpha value is -2.66. The number of unbranched alkanes of at least 4 members (excludes halogenated alkanes) is 3. The first kappa shape index (κ1) is 18.1. The van der Waals surface area contributed by atoms with E-state index in [2.05, 4.69) is 6.92 Å². The lowest BCUT2D eigenvalue weighted by Crippen LogP contribution is -2.06. The summed E-state index contributed by atoms with van der Waals surface area (Å²) >= 11 is 0. The summed E-state index contributed by atoms with van der Waals surface area (Å²) < 4.78 is 12.1. The van der Waals surface area contributed by atoms with Crippen molar-refractivity contribution in [3.05, 3.63) is 76.0 Å². The second kappa shape index (κ2) is 8.63. The number of hydrogen-bond donors (Lipinski definition) is 0. The van der Waals surface area contributed by atoms with E-state index in [4.69, 9.17) is 9.15 Å². The topological polar surface area (TPSA) is 65.5 Å². The first-order valence-corrected chi connectivity index (χ1v) is 9.03. The van der Waals surface area contributed by atoms with Crippen molar-refractivity contribution in [2.45, 2.75) is 38.7 Å². The lowest BCUT2D eigenvalue weighted by molar-refractivity contribution is -0.384. The minimum Gasteiger partial charge on any atom is -0.458 e. The van der Waals surface area contributed by atoms with Crippen LogP contribution >= 0.6 is 0 Å². The fraction of sp³-hybridized carbons (Fsp3) is 0.333. The largest absolute Gasteiger partial charge is 0.458 e. The molecule has 5 nitrogen and oxygen atoms in total. The standard InChI is InChI=1S/C21H23NO4/c1-2-3-4-8-13-25-21(16-9-6-5-7-10-16)20-15-17-14-18(22(23)24)11-12-19(17)26-20/h5-7,9-12,14-15,21H,2-4,8,13H2,1H3. The van der Waals surface area contributed by atoms with Crippen LogP contribution in [0.15, 0.2) is 59.0 Å². The number of fused-ring (bicyclic) bond motifs is 1. The molecule has 1 heterocycles. The van der Waals surface area contributed by atoms with Gasteiger partial charge in [0, 0.05) is 24.1 Å². The van der Waals surface area contributed by atoms with Crippen LogP contribution in [0.2, 0.25) is 0 Å². The van der Waals surface area contributed by atoms with Crippen LogP contribution in [0.1, 0.15) is 50.0 Å². The predicted octanol–water partition coefficient (Wildman–Crippen LogP) is 6.03. The molecule has 0 fully saturated rings. The van der Waals surface area contributed by atoms with Crippen molar-refractivity contribution in [1.29, 1.82) is 0 Å². The molecule has 0 saturated carbocycles. The van der Waals surface area contributed by atoms with Gasteiger partial charge in [0.25, 0.3) is 5.69 Å². The van der Waals surface area contributed by atoms with Gasteiger partial charge in [-0.05, 0) is 24.1 Å². The zero-order valence-corrected chi connectivity index (χ0v) is 14.9. The summed E-state index contributed by atoms with van der Waals surface area (Å²) in [4.78, 5) is 10.6. The van der Waals surface area contributed by atoms with Crippen LogP contribution in [0.5, 0.6) is 0 Å². The van der Waals surface area contributed by atoms with Gasteiger partial charge in [-0.3, -0.25) is 10.1 Å². The van der Waals surface area contributed by atoms with Gasteiger partial charge in [0.05, 0.1) is 4.92 Å². The van der Waals surface area contributed by atoms with Gasteiger partial charge in [-0.1, -0.05) is 56.5 Å². The third-order valence-electron chi connectivity index (χ3n) is 4.37. The molecule has 26 heavy (non-hydrogen) atoms. The van der Waals surface area contributed by atoms with Gasteiger partial charge in [0.1, 0.15) is 17.4 Å². The Morgan fingerprint density at radius 2 is 1.88 bits per heavy atom. The van der Waals surface area contributed by atoms with Gasteiger partial charge in [-0.2, -0.15) is 0 Å². The third-order valence-corrected chi connectivity index (χ3v) is 4.37. The second-order valence-corrected chi connectivity index (χ2v) is 6.35. The molecule has 0 N–H and O–H groups in total. The maximum Gasteiger partial charge on any atom is 0.270 e. The molecule has 0 saturated heterocycles. The number of ether oxygens (including phenoxy) is 1. The molecule has 3 aromatic rings. The molecule has 3 rings (SSSR count). The monoisotopic (exact) mass is 353 g/mol. The maximum atomic E-state index is 11.0. The first-order chi connectivity index (χ1) is 12.7. The van der Waals surface area contributed by atoms with Crippen molar-refractivity contribution in [2.75, 3.05) is 6.61 Å². The molecule has 5 heteroatoms. The number of non-ortho nitro benzene ring substituents is 1. The zero-order chi connectivity index (χ0) is 18.4. The Bertz CT molecular complexity index is 857. The van der Waals surface area contributed by atoms with Crippen LogP contribution in [-0.4, -0.2) is 11.5 Å². The van der Waals surface area contributed by atoms with Crippen LogP contribution in [-0.2, 0) is 4.74 Å². The zero-order valence-electron chi connectivity index (χ0n) is 14.9. The van der Waals surface area contributed by atoms with Crippen LogP contribution in [0, 0.1) is 10.1 Å². The summed E-state index contributed by atoms with van der Waals surface area (Å²) in [6.45, 7) is 2.83. The predicted molar refractivity (Wildman–Crippen MR) is 101 cm³/mol. The van der Waals surface area contributed by atoms with E-state index in [1.165, 1.54) is 25.0 Å². The highest BCUT2D eigenvalue weighted by Crippen LogP contribution is 2.32. The van der Waals surface area contributed by atoms with Crippen molar-refractivity contribution in [2.24, 2.45) is 0 Å². The molecule has 1 aromatic heterocycles. The molecule has 0 amide bonds. The summed E-state index contributed by atoms with van der Waals surface area (Å²) in [5, 5.41) is 11.7. The summed E-state index contributed by atoms with van der Waals surface area (Å²) in [6.07, 6.45) is 4.22. The minimum absolute atomic E-state index is 0.0570. The molecule has 0 aliphatic carbocycles. The third kappa shape index (κ3) is 4.29. The Kier molecular flexibility index (Phi) is 6.02. The normalized spacial score (nSPS) is 12.3. The molecule has 0 bridgehead atoms. The van der Waals surface area contributed by atoms with Gasteiger partial charge in [-0.25, -0.2) is 0 Å². The Labute approximate surface area is 152 Å². The van der Waals surface area contributed by atoms with Gasteiger partial charge in [0.2, 0.25) is 0 Å². The highest BCUT2D eigenvalue weighted by Gasteiger charge is 2.20. The van der Waals surface area contributed by atoms with Crippen molar-refractivity contribution in [1.82, 2.24) is 0 Å². The van der Waals surface area contributed by atoms with Gasteiger partial charge in [-0.15, -0.1) is 0 Å². The quantitative estimate of drug-likeness (QED) is 0.268. The van der Waals surface area contributed by atoms with Crippen LogP contribution in [0.25, 0.3) is 11.0 Å². The molecule has 0 radical (unpaired) electrons. The van der Waals surface area contributed by atoms with Crippen molar-refractivity contribution in [3.8, 4) is 0 Å². The highest BCUT2D eigenvalue weighted by atomic mass is 16.6. The van der Waals surface area contributed by atoms with Crippen molar-refractivity contribution >= 4 is 16.7 Å². The average Bonchev–Trinajstić information content (AvgIpc) is 3.08. The number of furan rings is 1. The number of nitrogens with zero attached hydrogens (tertiary/aromatic N) is 1. The van der Waals surface area contributed by atoms with E-state index in [0.29, 0.717) is 23.3 Å². The lowest BCUT2D eigenvalue weighted by atomic mass is 10.1. The van der Waals surface area contributed by atoms with Crippen molar-refractivity contribution in [3.63, 3.8) is 0 Å². The van der Waals surface area contributed by atoms with Crippen molar-refractivity contribution < 1.29 is 14.1 Å². The van der Waals surface area contributed by atoms with E-state index in [-0.39, 0.29) is 11.8 Å². The fourth-order valence-electron chi connectivity index (χ4n) is 2.99. The molecular formula is C21H23NO4. The van der Waals surface area contributed by atoms with Gasteiger partial charge in [0.15, 0.2) is 0 Å². The van der Waals surface area contributed by atoms with Crippen LogP contribution < -0.4 is 0 Å².